The second-order valence-corrected chi connectivity index (χ2v) is 5.89. The Morgan fingerprint density at radius 3 is 2.61 bits per heavy atom. The molecule has 0 spiro atoms. The van der Waals surface area contributed by atoms with Crippen molar-refractivity contribution in [1.29, 1.82) is 0 Å². The van der Waals surface area contributed by atoms with Gasteiger partial charge in [-0.05, 0) is 32.6 Å². The maximum atomic E-state index is 12.0. The number of likely N-dealkylation sites (tertiary alicyclic amines) is 1. The molecule has 1 aliphatic rings. The van der Waals surface area contributed by atoms with Crippen LogP contribution in [-0.4, -0.2) is 47.2 Å². The van der Waals surface area contributed by atoms with Crippen molar-refractivity contribution in [2.75, 3.05) is 13.2 Å². The summed E-state index contributed by atoms with van der Waals surface area (Å²) in [6, 6.07) is 0.732. The summed E-state index contributed by atoms with van der Waals surface area (Å²) in [6.45, 7) is 8.93. The van der Waals surface area contributed by atoms with Crippen molar-refractivity contribution in [3.8, 4) is 0 Å². The lowest BCUT2D eigenvalue weighted by Crippen LogP contribution is -2.52. The third-order valence-corrected chi connectivity index (χ3v) is 4.12. The van der Waals surface area contributed by atoms with Crippen molar-refractivity contribution in [3.63, 3.8) is 0 Å². The van der Waals surface area contributed by atoms with Crippen LogP contribution in [0.2, 0.25) is 0 Å². The molecule has 1 aliphatic heterocycles. The van der Waals surface area contributed by atoms with Crippen molar-refractivity contribution in [2.45, 2.75) is 65.1 Å². The highest BCUT2D eigenvalue weighted by molar-refractivity contribution is 5.78. The number of nitrogens with one attached hydrogen (secondary N) is 1. The van der Waals surface area contributed by atoms with Crippen molar-refractivity contribution < 1.29 is 9.90 Å². The van der Waals surface area contributed by atoms with Crippen LogP contribution in [-0.2, 0) is 4.79 Å². The Kier molecular flexibility index (Phi) is 6.09. The molecular formula is C14H28N2O2. The minimum Gasteiger partial charge on any atom is -0.395 e. The van der Waals surface area contributed by atoms with Crippen LogP contribution in [0.25, 0.3) is 0 Å². The van der Waals surface area contributed by atoms with Crippen LogP contribution in [0.5, 0.6) is 0 Å². The van der Waals surface area contributed by atoms with Crippen LogP contribution in [0.3, 0.4) is 0 Å². The first-order valence-corrected chi connectivity index (χ1v) is 7.11. The highest BCUT2D eigenvalue weighted by Crippen LogP contribution is 2.22. The van der Waals surface area contributed by atoms with Crippen molar-refractivity contribution in [2.24, 2.45) is 5.92 Å². The number of hydrogen-bond acceptors (Lipinski definition) is 3. The Morgan fingerprint density at radius 1 is 1.39 bits per heavy atom. The molecule has 18 heavy (non-hydrogen) atoms. The fraction of sp³-hybridized carbons (Fsp3) is 0.929. The fourth-order valence-electron chi connectivity index (χ4n) is 2.45. The van der Waals surface area contributed by atoms with Gasteiger partial charge in [-0.1, -0.05) is 20.3 Å². The maximum Gasteiger partial charge on any atom is 0.234 e. The van der Waals surface area contributed by atoms with Gasteiger partial charge in [0.15, 0.2) is 0 Å². The number of aliphatic hydroxyl groups excluding tert-OH is 1. The number of piperidine rings is 1. The second-order valence-electron chi connectivity index (χ2n) is 5.89. The van der Waals surface area contributed by atoms with Crippen LogP contribution in [0.4, 0.5) is 0 Å². The zero-order chi connectivity index (χ0) is 13.7. The molecule has 0 aliphatic carbocycles. The van der Waals surface area contributed by atoms with E-state index in [1.54, 1.807) is 0 Å². The van der Waals surface area contributed by atoms with Gasteiger partial charge in [0.2, 0.25) is 5.91 Å². The van der Waals surface area contributed by atoms with Gasteiger partial charge in [-0.2, -0.15) is 0 Å². The summed E-state index contributed by atoms with van der Waals surface area (Å²) < 4.78 is 0. The van der Waals surface area contributed by atoms with Crippen LogP contribution >= 0.6 is 0 Å². The van der Waals surface area contributed by atoms with Gasteiger partial charge in [0.1, 0.15) is 0 Å². The largest absolute Gasteiger partial charge is 0.395 e. The lowest BCUT2D eigenvalue weighted by molar-refractivity contribution is -0.125. The number of hydrogen-bond donors (Lipinski definition) is 2. The Morgan fingerprint density at radius 2 is 2.06 bits per heavy atom. The molecule has 3 atom stereocenters. The normalized spacial score (nSPS) is 27.2. The number of carbonyl (C=O) groups excluding carboxylic acids is 1. The minimum absolute atomic E-state index is 0.0726. The van der Waals surface area contributed by atoms with Gasteiger partial charge in [-0.15, -0.1) is 0 Å². The molecule has 0 saturated carbocycles. The van der Waals surface area contributed by atoms with E-state index < -0.39 is 0 Å². The van der Waals surface area contributed by atoms with E-state index in [0.717, 1.165) is 19.3 Å². The van der Waals surface area contributed by atoms with Gasteiger partial charge in [-0.3, -0.25) is 9.69 Å². The second kappa shape index (κ2) is 7.10. The number of nitrogens with zero attached hydrogens (tertiary/aromatic N) is 1. The predicted molar refractivity (Wildman–Crippen MR) is 73.3 cm³/mol. The molecule has 1 heterocycles. The van der Waals surface area contributed by atoms with E-state index in [1.165, 1.54) is 0 Å². The van der Waals surface area contributed by atoms with E-state index >= 15 is 0 Å². The SMILES string of the molecule is CC(C)C(C)NC(=O)CN1C(C)CCCC1CO. The van der Waals surface area contributed by atoms with Crippen LogP contribution in [0.15, 0.2) is 0 Å². The average molecular weight is 256 g/mol. The summed E-state index contributed by atoms with van der Waals surface area (Å²) in [5.41, 5.74) is 0. The maximum absolute atomic E-state index is 12.0. The van der Waals surface area contributed by atoms with Gasteiger partial charge >= 0.3 is 0 Å². The van der Waals surface area contributed by atoms with E-state index in [9.17, 15) is 9.90 Å². The van der Waals surface area contributed by atoms with Crippen molar-refractivity contribution in [3.05, 3.63) is 0 Å². The van der Waals surface area contributed by atoms with Crippen LogP contribution in [0, 0.1) is 5.92 Å². The number of carbonyl (C=O) groups is 1. The van der Waals surface area contributed by atoms with Gasteiger partial charge < -0.3 is 10.4 Å². The monoisotopic (exact) mass is 256 g/mol. The Hall–Kier alpha value is -0.610. The fourth-order valence-corrected chi connectivity index (χ4v) is 2.45. The molecular weight excluding hydrogens is 228 g/mol. The molecule has 0 radical (unpaired) electrons. The molecule has 1 amide bonds. The summed E-state index contributed by atoms with van der Waals surface area (Å²) in [4.78, 5) is 14.1. The average Bonchev–Trinajstić information content (AvgIpc) is 2.31. The molecule has 1 fully saturated rings. The zero-order valence-electron chi connectivity index (χ0n) is 12.1. The highest BCUT2D eigenvalue weighted by atomic mass is 16.3. The number of amides is 1. The summed E-state index contributed by atoms with van der Waals surface area (Å²) >= 11 is 0. The molecule has 4 nitrogen and oxygen atoms in total. The smallest absolute Gasteiger partial charge is 0.234 e. The number of rotatable bonds is 5. The molecule has 1 rings (SSSR count). The van der Waals surface area contributed by atoms with Gasteiger partial charge in [0.25, 0.3) is 0 Å². The predicted octanol–water partition coefficient (Wildman–Crippen LogP) is 1.38. The summed E-state index contributed by atoms with van der Waals surface area (Å²) in [5.74, 6) is 0.518. The van der Waals surface area contributed by atoms with Gasteiger partial charge in [0, 0.05) is 18.1 Å². The minimum atomic E-state index is 0.0726. The van der Waals surface area contributed by atoms with E-state index in [-0.39, 0.29) is 24.6 Å². The van der Waals surface area contributed by atoms with Crippen molar-refractivity contribution in [1.82, 2.24) is 10.2 Å². The summed E-state index contributed by atoms with van der Waals surface area (Å²) in [7, 11) is 0. The van der Waals surface area contributed by atoms with Crippen molar-refractivity contribution >= 4 is 5.91 Å². The molecule has 0 aromatic carbocycles. The van der Waals surface area contributed by atoms with Gasteiger partial charge in [0.05, 0.1) is 13.2 Å². The standard InChI is InChI=1S/C14H28N2O2/c1-10(2)12(4)15-14(18)8-16-11(3)6-5-7-13(16)9-17/h10-13,17H,5-9H2,1-4H3,(H,15,18). The van der Waals surface area contributed by atoms with E-state index in [2.05, 4.69) is 31.0 Å². The third-order valence-electron chi connectivity index (χ3n) is 4.12. The van der Waals surface area contributed by atoms with Gasteiger partial charge in [-0.25, -0.2) is 0 Å². The molecule has 4 heteroatoms. The van der Waals surface area contributed by atoms with Crippen LogP contribution < -0.4 is 5.32 Å². The molecule has 0 bridgehead atoms. The lowest BCUT2D eigenvalue weighted by atomic mass is 9.97. The first kappa shape index (κ1) is 15.4. The summed E-state index contributed by atoms with van der Waals surface area (Å²) in [5, 5.41) is 12.4. The first-order chi connectivity index (χ1) is 8.45. The van der Waals surface area contributed by atoms with Crippen LogP contribution in [0.1, 0.15) is 47.0 Å². The van der Waals surface area contributed by atoms with E-state index in [4.69, 9.17) is 0 Å². The lowest BCUT2D eigenvalue weighted by Gasteiger charge is -2.39. The van der Waals surface area contributed by atoms with E-state index in [0.29, 0.717) is 18.5 Å². The molecule has 106 valence electrons. The number of aliphatic hydroxyl groups is 1. The highest BCUT2D eigenvalue weighted by Gasteiger charge is 2.29. The molecule has 1 saturated heterocycles. The van der Waals surface area contributed by atoms with E-state index in [1.807, 2.05) is 6.92 Å². The topological polar surface area (TPSA) is 52.6 Å². The Bertz CT molecular complexity index is 269. The Labute approximate surface area is 111 Å². The summed E-state index contributed by atoms with van der Waals surface area (Å²) in [6.07, 6.45) is 3.25. The molecule has 0 aromatic heterocycles. The first-order valence-electron chi connectivity index (χ1n) is 7.11. The molecule has 0 aromatic rings. The third kappa shape index (κ3) is 4.25. The molecule has 2 N–H and O–H groups in total. The Balaban J connectivity index is 2.50. The zero-order valence-corrected chi connectivity index (χ0v) is 12.1. The molecule has 3 unspecified atom stereocenters. The quantitative estimate of drug-likeness (QED) is 0.781.